The van der Waals surface area contributed by atoms with Crippen LogP contribution in [-0.2, 0) is 0 Å². The van der Waals surface area contributed by atoms with Crippen molar-refractivity contribution in [2.75, 3.05) is 25.5 Å². The van der Waals surface area contributed by atoms with E-state index < -0.39 is 0 Å². The van der Waals surface area contributed by atoms with Gasteiger partial charge in [0.1, 0.15) is 0 Å². The minimum absolute atomic E-state index is 0.659. The Morgan fingerprint density at radius 2 is 2.00 bits per heavy atom. The van der Waals surface area contributed by atoms with Crippen molar-refractivity contribution in [3.63, 3.8) is 0 Å². The monoisotopic (exact) mass is 333 g/mol. The average Bonchev–Trinajstić information content (AvgIpc) is 2.56. The molecule has 1 saturated heterocycles. The maximum absolute atomic E-state index is 5.64. The maximum atomic E-state index is 5.64. The average molecular weight is 334 g/mol. The molecule has 2 rings (SSSR count). The second-order valence-corrected chi connectivity index (χ2v) is 7.28. The molecule has 0 saturated carbocycles. The summed E-state index contributed by atoms with van der Waals surface area (Å²) in [5, 5.41) is 4.31. The third kappa shape index (κ3) is 4.67. The van der Waals surface area contributed by atoms with E-state index in [0.29, 0.717) is 12.1 Å². The van der Waals surface area contributed by atoms with E-state index in [-0.39, 0.29) is 0 Å². The smallest absolute Gasteiger partial charge is 0.173 e. The Hall–Kier alpha value is -1.13. The molecule has 1 aliphatic rings. The fourth-order valence-corrected chi connectivity index (χ4v) is 3.48. The lowest BCUT2D eigenvalue weighted by Gasteiger charge is -2.40. The van der Waals surface area contributed by atoms with Crippen LogP contribution in [0.25, 0.3) is 0 Å². The van der Waals surface area contributed by atoms with Crippen LogP contribution in [0.1, 0.15) is 44.2 Å². The molecule has 0 amide bonds. The van der Waals surface area contributed by atoms with Gasteiger partial charge in [-0.3, -0.25) is 0 Å². The van der Waals surface area contributed by atoms with E-state index >= 15 is 0 Å². The molecule has 1 aliphatic heterocycles. The van der Waals surface area contributed by atoms with Gasteiger partial charge in [-0.25, -0.2) is 0 Å². The van der Waals surface area contributed by atoms with Crippen LogP contribution < -0.4 is 5.32 Å². The lowest BCUT2D eigenvalue weighted by Crippen LogP contribution is -2.48. The molecule has 128 valence electrons. The van der Waals surface area contributed by atoms with E-state index in [2.05, 4.69) is 68.1 Å². The molecule has 1 aromatic rings. The van der Waals surface area contributed by atoms with Crippen molar-refractivity contribution in [3.05, 3.63) is 29.3 Å². The van der Waals surface area contributed by atoms with E-state index in [1.807, 2.05) is 0 Å². The molecule has 1 unspecified atom stereocenters. The van der Waals surface area contributed by atoms with Crippen LogP contribution in [0.3, 0.4) is 0 Å². The van der Waals surface area contributed by atoms with Crippen LogP contribution >= 0.6 is 12.2 Å². The lowest BCUT2D eigenvalue weighted by atomic mass is 10.0. The number of rotatable bonds is 4. The van der Waals surface area contributed by atoms with Gasteiger partial charge in [-0.05, 0) is 76.5 Å². The minimum Gasteiger partial charge on any atom is -0.349 e. The molecule has 1 atom stereocenters. The number of hydrogen-bond donors (Lipinski definition) is 1. The van der Waals surface area contributed by atoms with Crippen molar-refractivity contribution in [1.82, 2.24) is 9.80 Å². The van der Waals surface area contributed by atoms with Crippen molar-refractivity contribution in [3.8, 4) is 0 Å². The first kappa shape index (κ1) is 18.2. The Bertz CT molecular complexity index is 535. The number of anilines is 1. The zero-order chi connectivity index (χ0) is 17.0. The molecule has 1 heterocycles. The number of nitrogens with zero attached hydrogens (tertiary/aromatic N) is 2. The fraction of sp³-hybridized carbons (Fsp3) is 0.632. The summed E-state index contributed by atoms with van der Waals surface area (Å²) in [6.45, 7) is 10.9. The zero-order valence-corrected chi connectivity index (χ0v) is 16.0. The van der Waals surface area contributed by atoms with Crippen LogP contribution in [0.4, 0.5) is 5.69 Å². The summed E-state index contributed by atoms with van der Waals surface area (Å²) in [4.78, 5) is 4.86. The van der Waals surface area contributed by atoms with E-state index in [9.17, 15) is 0 Å². The van der Waals surface area contributed by atoms with Gasteiger partial charge < -0.3 is 15.1 Å². The summed E-state index contributed by atoms with van der Waals surface area (Å²) in [6, 6.07) is 7.80. The van der Waals surface area contributed by atoms with Crippen LogP contribution in [0.2, 0.25) is 0 Å². The predicted octanol–water partition coefficient (Wildman–Crippen LogP) is 4.19. The summed E-state index contributed by atoms with van der Waals surface area (Å²) < 4.78 is 0. The molecule has 1 N–H and O–H groups in total. The molecule has 23 heavy (non-hydrogen) atoms. The molecule has 0 spiro atoms. The Kier molecular flexibility index (Phi) is 6.42. The highest BCUT2D eigenvalue weighted by atomic mass is 32.1. The van der Waals surface area contributed by atoms with Crippen molar-refractivity contribution in [1.29, 1.82) is 0 Å². The van der Waals surface area contributed by atoms with Gasteiger partial charge in [0.2, 0.25) is 0 Å². The highest BCUT2D eigenvalue weighted by Crippen LogP contribution is 2.21. The zero-order valence-electron chi connectivity index (χ0n) is 15.2. The van der Waals surface area contributed by atoms with Crippen molar-refractivity contribution < 1.29 is 0 Å². The topological polar surface area (TPSA) is 18.5 Å². The molecule has 4 heteroatoms. The highest BCUT2D eigenvalue weighted by Gasteiger charge is 2.25. The van der Waals surface area contributed by atoms with Crippen molar-refractivity contribution in [2.24, 2.45) is 0 Å². The second kappa shape index (κ2) is 8.11. The fourth-order valence-electron chi connectivity index (χ4n) is 3.19. The van der Waals surface area contributed by atoms with E-state index in [1.54, 1.807) is 0 Å². The van der Waals surface area contributed by atoms with Gasteiger partial charge in [-0.2, -0.15) is 0 Å². The number of aryl methyl sites for hydroxylation is 2. The highest BCUT2D eigenvalue weighted by molar-refractivity contribution is 7.80. The summed E-state index contributed by atoms with van der Waals surface area (Å²) in [6.07, 6.45) is 3.59. The number of hydrogen-bond acceptors (Lipinski definition) is 2. The third-order valence-electron chi connectivity index (χ3n) is 5.25. The number of likely N-dealkylation sites (tertiary alicyclic amines) is 1. The molecule has 0 radical (unpaired) electrons. The molecule has 0 aliphatic carbocycles. The van der Waals surface area contributed by atoms with Gasteiger partial charge in [0.15, 0.2) is 5.11 Å². The van der Waals surface area contributed by atoms with E-state index in [1.165, 1.54) is 30.4 Å². The van der Waals surface area contributed by atoms with Crippen molar-refractivity contribution >= 4 is 23.0 Å². The second-order valence-electron chi connectivity index (χ2n) is 6.89. The molecule has 3 nitrogen and oxygen atoms in total. The summed E-state index contributed by atoms with van der Waals surface area (Å²) >= 11 is 5.64. The number of piperidine rings is 1. The van der Waals surface area contributed by atoms with E-state index in [4.69, 9.17) is 12.2 Å². The first-order chi connectivity index (χ1) is 10.9. The molecule has 0 aromatic heterocycles. The maximum Gasteiger partial charge on any atom is 0.173 e. The van der Waals surface area contributed by atoms with Crippen LogP contribution in [0.5, 0.6) is 0 Å². The van der Waals surface area contributed by atoms with Crippen LogP contribution in [0.15, 0.2) is 18.2 Å². The first-order valence-corrected chi connectivity index (χ1v) is 9.18. The van der Waals surface area contributed by atoms with Gasteiger partial charge in [0, 0.05) is 30.9 Å². The molecule has 0 bridgehead atoms. The first-order valence-electron chi connectivity index (χ1n) is 8.77. The predicted molar refractivity (Wildman–Crippen MR) is 104 cm³/mol. The summed E-state index contributed by atoms with van der Waals surface area (Å²) in [7, 11) is 2.27. The molecule has 1 fully saturated rings. The van der Waals surface area contributed by atoms with Gasteiger partial charge in [0.25, 0.3) is 0 Å². The SMILES string of the molecule is CCC(C)N(C)C1CCN(C(=S)Nc2cc(C)ccc2C)CC1. The Morgan fingerprint density at radius 1 is 1.35 bits per heavy atom. The van der Waals surface area contributed by atoms with E-state index in [0.717, 1.165) is 23.9 Å². The van der Waals surface area contributed by atoms with Crippen LogP contribution in [-0.4, -0.2) is 47.1 Å². The number of nitrogens with one attached hydrogen (secondary N) is 1. The Morgan fingerprint density at radius 3 is 2.61 bits per heavy atom. The third-order valence-corrected chi connectivity index (χ3v) is 5.61. The van der Waals surface area contributed by atoms with Crippen LogP contribution in [0, 0.1) is 13.8 Å². The van der Waals surface area contributed by atoms with Gasteiger partial charge >= 0.3 is 0 Å². The minimum atomic E-state index is 0.659. The summed E-state index contributed by atoms with van der Waals surface area (Å²) in [5.41, 5.74) is 3.63. The number of benzene rings is 1. The van der Waals surface area contributed by atoms with Crippen molar-refractivity contribution in [2.45, 2.75) is 59.0 Å². The molecular formula is C19H31N3S. The van der Waals surface area contributed by atoms with Gasteiger partial charge in [-0.1, -0.05) is 19.1 Å². The Balaban J connectivity index is 1.90. The summed E-state index contributed by atoms with van der Waals surface area (Å²) in [5.74, 6) is 0. The standard InChI is InChI=1S/C19H31N3S/c1-6-16(4)21(5)17-9-11-22(12-10-17)19(23)20-18-13-14(2)7-8-15(18)3/h7-8,13,16-17H,6,9-12H2,1-5H3,(H,20,23). The number of thiocarbonyl (C=S) groups is 1. The van der Waals surface area contributed by atoms with Gasteiger partial charge in [-0.15, -0.1) is 0 Å². The lowest BCUT2D eigenvalue weighted by molar-refractivity contribution is 0.126. The molecule has 1 aromatic carbocycles. The normalized spacial score (nSPS) is 17.4. The van der Waals surface area contributed by atoms with Gasteiger partial charge in [0.05, 0.1) is 0 Å². The quantitative estimate of drug-likeness (QED) is 0.832. The molecular weight excluding hydrogens is 302 g/mol. The largest absolute Gasteiger partial charge is 0.349 e. The Labute approximate surface area is 147 Å².